The summed E-state index contributed by atoms with van der Waals surface area (Å²) in [4.78, 5) is 15.0. The molecule has 16 heavy (non-hydrogen) atoms. The number of hydrogen-bond acceptors (Lipinski definition) is 2. The minimum atomic E-state index is -0.966. The van der Waals surface area contributed by atoms with Crippen LogP contribution in [0.15, 0.2) is 42.0 Å². The van der Waals surface area contributed by atoms with Crippen molar-refractivity contribution in [2.24, 2.45) is 0 Å². The first-order valence-electron chi connectivity index (χ1n) is 4.77. The second kappa shape index (κ2) is 4.03. The van der Waals surface area contributed by atoms with Gasteiger partial charge in [0, 0.05) is 17.3 Å². The van der Waals surface area contributed by atoms with Gasteiger partial charge in [0.15, 0.2) is 0 Å². The Morgan fingerprint density at radius 3 is 2.94 bits per heavy atom. The molecule has 1 aromatic rings. The molecule has 1 aliphatic carbocycles. The summed E-state index contributed by atoms with van der Waals surface area (Å²) < 4.78 is 0. The van der Waals surface area contributed by atoms with Gasteiger partial charge in [-0.1, -0.05) is 17.5 Å². The number of carbonyl (C=O) groups is 1. The van der Waals surface area contributed by atoms with Crippen LogP contribution in [0.1, 0.15) is 21.6 Å². The van der Waals surface area contributed by atoms with E-state index < -0.39 is 5.97 Å². The van der Waals surface area contributed by atoms with Crippen molar-refractivity contribution in [1.82, 2.24) is 4.98 Å². The number of pyridine rings is 1. The molecule has 0 saturated carbocycles. The van der Waals surface area contributed by atoms with Crippen LogP contribution in [0.5, 0.6) is 0 Å². The maximum atomic E-state index is 10.9. The highest BCUT2D eigenvalue weighted by Gasteiger charge is 2.10. The summed E-state index contributed by atoms with van der Waals surface area (Å²) in [7, 11) is 0. The lowest BCUT2D eigenvalue weighted by atomic mass is 10.0. The Kier molecular flexibility index (Phi) is 2.57. The van der Waals surface area contributed by atoms with Crippen molar-refractivity contribution in [1.29, 1.82) is 0 Å². The summed E-state index contributed by atoms with van der Waals surface area (Å²) in [6.07, 6.45) is 7.05. The zero-order chi connectivity index (χ0) is 11.5. The highest BCUT2D eigenvalue weighted by atomic mass is 16.4. The number of aryl methyl sites for hydroxylation is 1. The van der Waals surface area contributed by atoms with Gasteiger partial charge in [0.1, 0.15) is 0 Å². The molecule has 3 heteroatoms. The Morgan fingerprint density at radius 2 is 2.31 bits per heavy atom. The SMILES string of the molecule is Cc1ncc(C2=C=C=CC=C2)cc1C(=O)O. The molecule has 0 aliphatic heterocycles. The zero-order valence-corrected chi connectivity index (χ0v) is 8.69. The molecule has 0 spiro atoms. The molecule has 0 aromatic carbocycles. The summed E-state index contributed by atoms with van der Waals surface area (Å²) in [5.74, 6) is -0.966. The molecular weight excluding hydrogens is 202 g/mol. The normalized spacial score (nSPS) is 12.7. The van der Waals surface area contributed by atoms with E-state index in [4.69, 9.17) is 5.11 Å². The Balaban J connectivity index is 2.56. The van der Waals surface area contributed by atoms with Crippen LogP contribution in [0.4, 0.5) is 0 Å². The fourth-order valence-corrected chi connectivity index (χ4v) is 1.42. The van der Waals surface area contributed by atoms with Crippen molar-refractivity contribution >= 4 is 11.5 Å². The van der Waals surface area contributed by atoms with Gasteiger partial charge in [0.2, 0.25) is 0 Å². The number of carboxylic acids is 1. The lowest BCUT2D eigenvalue weighted by Crippen LogP contribution is -2.02. The van der Waals surface area contributed by atoms with Gasteiger partial charge in [-0.3, -0.25) is 4.98 Å². The number of aromatic carboxylic acids is 1. The Bertz CT molecular complexity index is 584. The van der Waals surface area contributed by atoms with E-state index >= 15 is 0 Å². The largest absolute Gasteiger partial charge is 0.478 e. The molecule has 1 heterocycles. The van der Waals surface area contributed by atoms with Crippen molar-refractivity contribution in [3.8, 4) is 0 Å². The monoisotopic (exact) mass is 211 g/mol. The molecule has 2 rings (SSSR count). The molecule has 0 amide bonds. The summed E-state index contributed by atoms with van der Waals surface area (Å²) in [6, 6.07) is 1.60. The minimum absolute atomic E-state index is 0.217. The molecule has 0 unspecified atom stereocenters. The maximum absolute atomic E-state index is 10.9. The van der Waals surface area contributed by atoms with Crippen LogP contribution in [-0.4, -0.2) is 16.1 Å². The summed E-state index contributed by atoms with van der Waals surface area (Å²) in [5.41, 5.74) is 7.99. The average molecular weight is 211 g/mol. The first-order valence-corrected chi connectivity index (χ1v) is 4.77. The molecule has 0 bridgehead atoms. The quantitative estimate of drug-likeness (QED) is 0.764. The van der Waals surface area contributed by atoms with Crippen LogP contribution in [0.3, 0.4) is 0 Å². The van der Waals surface area contributed by atoms with E-state index in [1.165, 1.54) is 0 Å². The fraction of sp³-hybridized carbons (Fsp3) is 0.0769. The van der Waals surface area contributed by atoms with Crippen LogP contribution in [-0.2, 0) is 0 Å². The number of nitrogens with zero attached hydrogens (tertiary/aromatic N) is 1. The first kappa shape index (κ1) is 10.2. The summed E-state index contributed by atoms with van der Waals surface area (Å²) >= 11 is 0. The van der Waals surface area contributed by atoms with Gasteiger partial charge in [-0.15, -0.1) is 0 Å². The second-order valence-corrected chi connectivity index (χ2v) is 3.37. The molecule has 0 fully saturated rings. The van der Waals surface area contributed by atoms with Crippen molar-refractivity contribution in [2.75, 3.05) is 0 Å². The van der Waals surface area contributed by atoms with Gasteiger partial charge in [0.05, 0.1) is 11.3 Å². The smallest absolute Gasteiger partial charge is 0.337 e. The van der Waals surface area contributed by atoms with E-state index in [1.54, 1.807) is 25.3 Å². The van der Waals surface area contributed by atoms with Crippen LogP contribution in [0.2, 0.25) is 0 Å². The van der Waals surface area contributed by atoms with E-state index in [-0.39, 0.29) is 5.56 Å². The van der Waals surface area contributed by atoms with E-state index in [1.807, 2.05) is 12.2 Å². The molecule has 1 aliphatic rings. The van der Waals surface area contributed by atoms with Gasteiger partial charge in [-0.2, -0.15) is 0 Å². The predicted octanol–water partition coefficient (Wildman–Crippen LogP) is 2.35. The summed E-state index contributed by atoms with van der Waals surface area (Å²) in [5, 5.41) is 8.98. The van der Waals surface area contributed by atoms with Gasteiger partial charge in [-0.05, 0) is 25.1 Å². The standard InChI is InChI=1S/C13H9NO2/c1-9-12(13(15)16)7-11(8-14-9)10-5-3-2-4-6-10/h2-3,5,7-8H,1H3,(H,15,16). The first-order chi connectivity index (χ1) is 7.68. The number of aromatic nitrogens is 1. The molecule has 0 atom stereocenters. The third-order valence-electron chi connectivity index (χ3n) is 2.28. The summed E-state index contributed by atoms with van der Waals surface area (Å²) in [6.45, 7) is 1.67. The molecule has 1 N–H and O–H groups in total. The van der Waals surface area contributed by atoms with Crippen LogP contribution >= 0.6 is 0 Å². The lowest BCUT2D eigenvalue weighted by Gasteiger charge is -2.04. The van der Waals surface area contributed by atoms with E-state index in [9.17, 15) is 4.79 Å². The molecule has 0 saturated heterocycles. The van der Waals surface area contributed by atoms with Crippen molar-refractivity contribution in [3.05, 3.63) is 58.8 Å². The molecule has 3 nitrogen and oxygen atoms in total. The topological polar surface area (TPSA) is 50.2 Å². The predicted molar refractivity (Wildman–Crippen MR) is 60.1 cm³/mol. The van der Waals surface area contributed by atoms with Gasteiger partial charge in [-0.25, -0.2) is 4.79 Å². The Hall–Kier alpha value is -2.34. The molecule has 0 radical (unpaired) electrons. The average Bonchev–Trinajstić information content (AvgIpc) is 2.30. The Labute approximate surface area is 92.8 Å². The molecule has 78 valence electrons. The van der Waals surface area contributed by atoms with Crippen LogP contribution in [0, 0.1) is 6.92 Å². The number of hydrogen-bond donors (Lipinski definition) is 1. The van der Waals surface area contributed by atoms with Gasteiger partial charge >= 0.3 is 5.97 Å². The number of rotatable bonds is 2. The molecule has 1 aromatic heterocycles. The third kappa shape index (κ3) is 1.86. The second-order valence-electron chi connectivity index (χ2n) is 3.37. The van der Waals surface area contributed by atoms with Gasteiger partial charge < -0.3 is 5.11 Å². The van der Waals surface area contributed by atoms with Crippen molar-refractivity contribution in [3.63, 3.8) is 0 Å². The highest BCUT2D eigenvalue weighted by Crippen LogP contribution is 2.18. The highest BCUT2D eigenvalue weighted by molar-refractivity contribution is 5.90. The minimum Gasteiger partial charge on any atom is -0.478 e. The number of carboxylic acid groups (broad SMARTS) is 1. The van der Waals surface area contributed by atoms with E-state index in [2.05, 4.69) is 16.4 Å². The fourth-order valence-electron chi connectivity index (χ4n) is 1.42. The van der Waals surface area contributed by atoms with E-state index in [0.29, 0.717) is 5.69 Å². The van der Waals surface area contributed by atoms with Crippen LogP contribution < -0.4 is 0 Å². The maximum Gasteiger partial charge on any atom is 0.337 e. The van der Waals surface area contributed by atoms with Crippen molar-refractivity contribution < 1.29 is 9.90 Å². The van der Waals surface area contributed by atoms with Crippen LogP contribution in [0.25, 0.3) is 5.57 Å². The molecular formula is C13H9NO2. The number of allylic oxidation sites excluding steroid dienone is 4. The van der Waals surface area contributed by atoms with Crippen molar-refractivity contribution in [2.45, 2.75) is 6.92 Å². The zero-order valence-electron chi connectivity index (χ0n) is 8.69. The third-order valence-corrected chi connectivity index (χ3v) is 2.28. The lowest BCUT2D eigenvalue weighted by molar-refractivity contribution is 0.0695. The van der Waals surface area contributed by atoms with Gasteiger partial charge in [0.25, 0.3) is 0 Å². The Morgan fingerprint density at radius 1 is 1.50 bits per heavy atom. The van der Waals surface area contributed by atoms with E-state index in [0.717, 1.165) is 11.1 Å².